The van der Waals surface area contributed by atoms with Crippen molar-refractivity contribution in [3.63, 3.8) is 0 Å². The number of halogens is 3. The molecular formula is C21H24F3NO3. The molecule has 1 heterocycles. The van der Waals surface area contributed by atoms with Crippen LogP contribution in [-0.4, -0.2) is 35.0 Å². The summed E-state index contributed by atoms with van der Waals surface area (Å²) in [7, 11) is 0. The van der Waals surface area contributed by atoms with Gasteiger partial charge in [-0.25, -0.2) is 0 Å². The van der Waals surface area contributed by atoms with Crippen molar-refractivity contribution in [2.45, 2.75) is 56.5 Å². The van der Waals surface area contributed by atoms with Crippen molar-refractivity contribution in [1.29, 1.82) is 0 Å². The van der Waals surface area contributed by atoms with Crippen LogP contribution < -0.4 is 0 Å². The van der Waals surface area contributed by atoms with Crippen molar-refractivity contribution in [3.05, 3.63) is 35.4 Å². The lowest BCUT2D eigenvalue weighted by molar-refractivity contribution is -0.141. The van der Waals surface area contributed by atoms with E-state index < -0.39 is 23.1 Å². The molecule has 1 N–H and O–H groups in total. The SMILES string of the molecule is O=C(O)C1CC12CCN(C(=O)C1(c3cccc(C(F)(F)F)c3)CCCC1)CC2. The molecule has 1 unspecified atom stereocenters. The third-order valence-electron chi connectivity index (χ3n) is 7.14. The Morgan fingerprint density at radius 1 is 1.07 bits per heavy atom. The molecule has 4 nitrogen and oxygen atoms in total. The highest BCUT2D eigenvalue weighted by atomic mass is 19.4. The zero-order chi connectivity index (χ0) is 20.2. The minimum Gasteiger partial charge on any atom is -0.481 e. The number of nitrogens with zero attached hydrogens (tertiary/aromatic N) is 1. The Bertz CT molecular complexity index is 790. The summed E-state index contributed by atoms with van der Waals surface area (Å²) in [5.41, 5.74) is -1.33. The van der Waals surface area contributed by atoms with Crippen LogP contribution in [0.1, 0.15) is 56.1 Å². The number of hydrogen-bond donors (Lipinski definition) is 1. The van der Waals surface area contributed by atoms with Gasteiger partial charge in [0.05, 0.1) is 16.9 Å². The number of carbonyl (C=O) groups excluding carboxylic acids is 1. The van der Waals surface area contributed by atoms with Gasteiger partial charge in [-0.05, 0) is 49.1 Å². The van der Waals surface area contributed by atoms with Crippen molar-refractivity contribution in [3.8, 4) is 0 Å². The number of hydrogen-bond acceptors (Lipinski definition) is 2. The van der Waals surface area contributed by atoms with Crippen LogP contribution in [0.5, 0.6) is 0 Å². The molecule has 0 radical (unpaired) electrons. The van der Waals surface area contributed by atoms with Crippen molar-refractivity contribution in [1.82, 2.24) is 4.90 Å². The fraction of sp³-hybridized carbons (Fsp3) is 0.619. The predicted molar refractivity (Wildman–Crippen MR) is 95.6 cm³/mol. The smallest absolute Gasteiger partial charge is 0.416 e. The van der Waals surface area contributed by atoms with Gasteiger partial charge >= 0.3 is 12.1 Å². The van der Waals surface area contributed by atoms with Crippen molar-refractivity contribution in [2.75, 3.05) is 13.1 Å². The Labute approximate surface area is 161 Å². The van der Waals surface area contributed by atoms with Gasteiger partial charge in [0, 0.05) is 13.1 Å². The van der Waals surface area contributed by atoms with E-state index >= 15 is 0 Å². The molecule has 3 aliphatic rings. The summed E-state index contributed by atoms with van der Waals surface area (Å²) >= 11 is 0. The fourth-order valence-corrected chi connectivity index (χ4v) is 5.30. The van der Waals surface area contributed by atoms with Gasteiger partial charge in [-0.1, -0.05) is 31.0 Å². The summed E-state index contributed by atoms with van der Waals surface area (Å²) in [5.74, 6) is -1.17. The van der Waals surface area contributed by atoms with Gasteiger partial charge in [0.15, 0.2) is 0 Å². The van der Waals surface area contributed by atoms with E-state index in [0.29, 0.717) is 50.8 Å². The molecule has 1 saturated heterocycles. The van der Waals surface area contributed by atoms with Crippen LogP contribution in [0.2, 0.25) is 0 Å². The number of alkyl halides is 3. The Morgan fingerprint density at radius 3 is 2.25 bits per heavy atom. The second kappa shape index (κ2) is 6.49. The topological polar surface area (TPSA) is 57.6 Å². The van der Waals surface area contributed by atoms with E-state index in [1.54, 1.807) is 11.0 Å². The Balaban J connectivity index is 1.56. The molecule has 152 valence electrons. The zero-order valence-electron chi connectivity index (χ0n) is 15.6. The van der Waals surface area contributed by atoms with Crippen LogP contribution in [0.25, 0.3) is 0 Å². The van der Waals surface area contributed by atoms with Crippen LogP contribution in [0.15, 0.2) is 24.3 Å². The van der Waals surface area contributed by atoms with E-state index in [0.717, 1.165) is 25.0 Å². The van der Waals surface area contributed by atoms with E-state index in [1.165, 1.54) is 6.07 Å². The first-order valence-electron chi connectivity index (χ1n) is 9.88. The number of carboxylic acid groups (broad SMARTS) is 1. The zero-order valence-corrected chi connectivity index (χ0v) is 15.6. The van der Waals surface area contributed by atoms with Crippen LogP contribution in [0, 0.1) is 11.3 Å². The average molecular weight is 395 g/mol. The van der Waals surface area contributed by atoms with Crippen LogP contribution >= 0.6 is 0 Å². The van der Waals surface area contributed by atoms with Gasteiger partial charge in [0.1, 0.15) is 0 Å². The molecule has 7 heteroatoms. The maximum atomic E-state index is 13.5. The van der Waals surface area contributed by atoms with Gasteiger partial charge in [-0.2, -0.15) is 13.2 Å². The molecule has 1 aromatic carbocycles. The molecule has 3 fully saturated rings. The molecule has 2 aliphatic carbocycles. The van der Waals surface area contributed by atoms with E-state index in [-0.39, 0.29) is 17.2 Å². The number of aliphatic carboxylic acids is 1. The average Bonchev–Trinajstić information content (AvgIpc) is 3.14. The van der Waals surface area contributed by atoms with Gasteiger partial charge in [0.25, 0.3) is 0 Å². The first-order valence-corrected chi connectivity index (χ1v) is 9.88. The molecule has 1 aliphatic heterocycles. The summed E-state index contributed by atoms with van der Waals surface area (Å²) in [4.78, 5) is 26.5. The predicted octanol–water partition coefficient (Wildman–Crippen LogP) is 4.23. The number of rotatable bonds is 3. The molecule has 0 bridgehead atoms. The largest absolute Gasteiger partial charge is 0.481 e. The lowest BCUT2D eigenvalue weighted by Gasteiger charge is -2.39. The molecule has 2 saturated carbocycles. The second-order valence-corrected chi connectivity index (χ2v) is 8.62. The van der Waals surface area contributed by atoms with E-state index in [2.05, 4.69) is 0 Å². The summed E-state index contributed by atoms with van der Waals surface area (Å²) in [6.07, 6.45) is 0.320. The summed E-state index contributed by atoms with van der Waals surface area (Å²) in [5, 5.41) is 9.23. The highest BCUT2D eigenvalue weighted by molar-refractivity contribution is 5.89. The third kappa shape index (κ3) is 3.08. The van der Waals surface area contributed by atoms with Crippen LogP contribution in [0.4, 0.5) is 13.2 Å². The Kier molecular flexibility index (Phi) is 4.47. The van der Waals surface area contributed by atoms with Gasteiger partial charge in [-0.3, -0.25) is 9.59 Å². The second-order valence-electron chi connectivity index (χ2n) is 8.62. The van der Waals surface area contributed by atoms with Crippen molar-refractivity contribution < 1.29 is 27.9 Å². The lowest BCUT2D eigenvalue weighted by Crippen LogP contribution is -2.49. The monoisotopic (exact) mass is 395 g/mol. The minimum atomic E-state index is -4.44. The molecule has 1 amide bonds. The van der Waals surface area contributed by atoms with E-state index in [1.807, 2.05) is 0 Å². The normalized spacial score (nSPS) is 25.7. The van der Waals surface area contributed by atoms with Crippen molar-refractivity contribution in [2.24, 2.45) is 11.3 Å². The first-order chi connectivity index (χ1) is 13.2. The molecule has 1 spiro atoms. The van der Waals surface area contributed by atoms with Crippen LogP contribution in [-0.2, 0) is 21.2 Å². The molecule has 1 aromatic rings. The standard InChI is InChI=1S/C21H24F3NO3/c22-21(23,24)15-5-3-4-14(12-15)20(6-1-2-7-20)18(28)25-10-8-19(9-11-25)13-16(19)17(26)27/h3-5,12,16H,1-2,6-11,13H2,(H,26,27). The molecule has 4 rings (SSSR count). The van der Waals surface area contributed by atoms with E-state index in [9.17, 15) is 27.9 Å². The number of carboxylic acids is 1. The Morgan fingerprint density at radius 2 is 1.71 bits per heavy atom. The van der Waals surface area contributed by atoms with Crippen LogP contribution in [0.3, 0.4) is 0 Å². The van der Waals surface area contributed by atoms with Gasteiger partial charge in [-0.15, -0.1) is 0 Å². The Hall–Kier alpha value is -2.05. The fourth-order valence-electron chi connectivity index (χ4n) is 5.30. The minimum absolute atomic E-state index is 0.0910. The molecular weight excluding hydrogens is 371 g/mol. The first kappa shape index (κ1) is 19.3. The number of benzene rings is 1. The molecule has 28 heavy (non-hydrogen) atoms. The number of carbonyl (C=O) groups is 2. The van der Waals surface area contributed by atoms with Gasteiger partial charge in [0.2, 0.25) is 5.91 Å². The maximum Gasteiger partial charge on any atom is 0.416 e. The highest BCUT2D eigenvalue weighted by Gasteiger charge is 2.59. The quantitative estimate of drug-likeness (QED) is 0.833. The number of amides is 1. The maximum absolute atomic E-state index is 13.5. The van der Waals surface area contributed by atoms with Crippen molar-refractivity contribution >= 4 is 11.9 Å². The van der Waals surface area contributed by atoms with E-state index in [4.69, 9.17) is 0 Å². The summed E-state index contributed by atoms with van der Waals surface area (Å²) in [6.45, 7) is 0.979. The third-order valence-corrected chi connectivity index (χ3v) is 7.14. The number of piperidine rings is 1. The van der Waals surface area contributed by atoms with Gasteiger partial charge < -0.3 is 10.0 Å². The highest BCUT2D eigenvalue weighted by Crippen LogP contribution is 2.59. The molecule has 0 aromatic heterocycles. The number of likely N-dealkylation sites (tertiary alicyclic amines) is 1. The summed E-state index contributed by atoms with van der Waals surface area (Å²) in [6, 6.07) is 5.21. The molecule has 1 atom stereocenters. The lowest BCUT2D eigenvalue weighted by atomic mass is 9.76. The summed E-state index contributed by atoms with van der Waals surface area (Å²) < 4.78 is 39.6.